The van der Waals surface area contributed by atoms with Gasteiger partial charge in [0.2, 0.25) is 0 Å². The van der Waals surface area contributed by atoms with Crippen LogP contribution in [0, 0.1) is 13.8 Å². The lowest BCUT2D eigenvalue weighted by Crippen LogP contribution is -2.25. The van der Waals surface area contributed by atoms with Crippen LogP contribution in [-0.4, -0.2) is 36.1 Å². The predicted octanol–water partition coefficient (Wildman–Crippen LogP) is 4.40. The first kappa shape index (κ1) is 21.3. The highest BCUT2D eigenvalue weighted by Gasteiger charge is 2.24. The van der Waals surface area contributed by atoms with Crippen LogP contribution in [0.3, 0.4) is 0 Å². The number of hydrogen-bond donors (Lipinski definition) is 2. The Morgan fingerprint density at radius 3 is 2.57 bits per heavy atom. The Morgan fingerprint density at radius 1 is 1.09 bits per heavy atom. The van der Waals surface area contributed by atoms with Crippen molar-refractivity contribution < 1.29 is 4.79 Å². The number of carbonyl (C=O) groups is 1. The molecule has 6 rings (SSSR count). The van der Waals surface area contributed by atoms with Gasteiger partial charge in [0.25, 0.3) is 5.91 Å². The second kappa shape index (κ2) is 8.23. The van der Waals surface area contributed by atoms with Crippen LogP contribution in [0.25, 0.3) is 27.9 Å². The van der Waals surface area contributed by atoms with Crippen molar-refractivity contribution in [2.45, 2.75) is 39.3 Å². The smallest absolute Gasteiger partial charge is 0.251 e. The number of fused-ring (bicyclic) bond motifs is 3. The predicted molar refractivity (Wildman–Crippen MR) is 136 cm³/mol. The van der Waals surface area contributed by atoms with Gasteiger partial charge in [-0.15, -0.1) is 0 Å². The zero-order valence-electron chi connectivity index (χ0n) is 20.0. The number of benzene rings is 2. The van der Waals surface area contributed by atoms with Crippen molar-refractivity contribution in [1.82, 2.24) is 29.5 Å². The molecule has 1 aliphatic rings. The third kappa shape index (κ3) is 4.01. The maximum atomic E-state index is 12.4. The molecule has 0 aliphatic heterocycles. The van der Waals surface area contributed by atoms with E-state index in [0.29, 0.717) is 18.2 Å². The summed E-state index contributed by atoms with van der Waals surface area (Å²) in [6, 6.07) is 12.4. The number of hydrogen-bond acceptors (Lipinski definition) is 5. The normalized spacial score (nSPS) is 13.5. The molecule has 1 aliphatic carbocycles. The molecular weight excluding hydrogens is 438 g/mol. The maximum absolute atomic E-state index is 12.4. The van der Waals surface area contributed by atoms with E-state index in [1.165, 1.54) is 11.1 Å². The summed E-state index contributed by atoms with van der Waals surface area (Å²) < 4.78 is 3.94. The summed E-state index contributed by atoms with van der Waals surface area (Å²) >= 11 is 0. The lowest BCUT2D eigenvalue weighted by Gasteiger charge is -2.13. The number of anilines is 1. The van der Waals surface area contributed by atoms with Crippen molar-refractivity contribution >= 4 is 28.4 Å². The fourth-order valence-electron chi connectivity index (χ4n) is 4.35. The van der Waals surface area contributed by atoms with Crippen LogP contribution < -0.4 is 10.6 Å². The van der Waals surface area contributed by atoms with Crippen molar-refractivity contribution in [2.24, 2.45) is 7.05 Å². The largest absolute Gasteiger partial charge is 0.363 e. The molecule has 8 heteroatoms. The van der Waals surface area contributed by atoms with Crippen LogP contribution in [-0.2, 0) is 13.6 Å². The lowest BCUT2D eigenvalue weighted by molar-refractivity contribution is 0.0951. The van der Waals surface area contributed by atoms with Gasteiger partial charge in [-0.25, -0.2) is 9.97 Å². The summed E-state index contributed by atoms with van der Waals surface area (Å²) in [6.45, 7) is 4.81. The number of nitrogens with zero attached hydrogens (tertiary/aromatic N) is 5. The first-order chi connectivity index (χ1) is 17.0. The average Bonchev–Trinajstić information content (AvgIpc) is 3.38. The zero-order valence-corrected chi connectivity index (χ0v) is 20.0. The summed E-state index contributed by atoms with van der Waals surface area (Å²) in [5.41, 5.74) is 8.73. The minimum absolute atomic E-state index is 0.0140. The van der Waals surface area contributed by atoms with Gasteiger partial charge in [-0.05, 0) is 62.1 Å². The molecule has 0 unspecified atom stereocenters. The zero-order chi connectivity index (χ0) is 24.1. The summed E-state index contributed by atoms with van der Waals surface area (Å²) in [7, 11) is 1.91. The molecule has 0 saturated heterocycles. The van der Waals surface area contributed by atoms with E-state index >= 15 is 0 Å². The van der Waals surface area contributed by atoms with E-state index in [9.17, 15) is 4.79 Å². The quantitative estimate of drug-likeness (QED) is 0.388. The van der Waals surface area contributed by atoms with Crippen LogP contribution in [0.4, 0.5) is 5.82 Å². The van der Waals surface area contributed by atoms with Gasteiger partial charge in [-0.1, -0.05) is 12.1 Å². The van der Waals surface area contributed by atoms with Gasteiger partial charge < -0.3 is 10.6 Å². The van der Waals surface area contributed by atoms with Crippen LogP contribution in [0.15, 0.2) is 55.0 Å². The Bertz CT molecular complexity index is 1580. The van der Waals surface area contributed by atoms with Crippen molar-refractivity contribution in [2.75, 3.05) is 5.32 Å². The number of aryl methyl sites for hydroxylation is 3. The Balaban J connectivity index is 1.44. The van der Waals surface area contributed by atoms with Crippen molar-refractivity contribution in [3.8, 4) is 11.3 Å². The van der Waals surface area contributed by atoms with E-state index < -0.39 is 0 Å². The fraction of sp³-hybridized carbons (Fsp3) is 0.259. The second-order valence-electron chi connectivity index (χ2n) is 9.39. The number of carbonyl (C=O) groups excluding carboxylic acids is 1. The molecule has 5 aromatic rings. The summed E-state index contributed by atoms with van der Waals surface area (Å²) in [5.74, 6) is 0.705. The van der Waals surface area contributed by atoms with E-state index in [2.05, 4.69) is 46.1 Å². The van der Waals surface area contributed by atoms with E-state index in [1.54, 1.807) is 4.68 Å². The van der Waals surface area contributed by atoms with Gasteiger partial charge in [-0.3, -0.25) is 13.9 Å². The lowest BCUT2D eigenvalue weighted by atomic mass is 10.1. The second-order valence-corrected chi connectivity index (χ2v) is 9.39. The first-order valence-electron chi connectivity index (χ1n) is 11.9. The Labute approximate surface area is 203 Å². The van der Waals surface area contributed by atoms with E-state index in [1.807, 2.05) is 49.9 Å². The molecule has 3 aromatic heterocycles. The average molecular weight is 466 g/mol. The Kier molecular flexibility index (Phi) is 5.02. The molecule has 176 valence electrons. The standard InChI is InChI=1S/C27H27N7O/c1-16-10-22-23(11-17(16)2)34-24(19-4-6-20(7-5-19)27(35)31-21-8-9-21)14-29-26(34)25(32-22)28-12-18-13-30-33(3)15-18/h4-7,10-11,13-15,21H,8-9,12H2,1-3H3,(H,28,32)(H,31,35). The molecule has 0 radical (unpaired) electrons. The van der Waals surface area contributed by atoms with Crippen LogP contribution in [0.2, 0.25) is 0 Å². The minimum atomic E-state index is -0.0140. The molecule has 3 heterocycles. The van der Waals surface area contributed by atoms with Crippen molar-refractivity contribution in [1.29, 1.82) is 0 Å². The van der Waals surface area contributed by atoms with Crippen LogP contribution in [0.5, 0.6) is 0 Å². The van der Waals surface area contributed by atoms with E-state index in [-0.39, 0.29) is 5.91 Å². The van der Waals surface area contributed by atoms with Crippen LogP contribution >= 0.6 is 0 Å². The van der Waals surface area contributed by atoms with E-state index in [0.717, 1.165) is 52.2 Å². The highest BCUT2D eigenvalue weighted by atomic mass is 16.1. The summed E-state index contributed by atoms with van der Waals surface area (Å²) in [6.07, 6.45) is 7.85. The van der Waals surface area contributed by atoms with Gasteiger partial charge in [0.05, 0.1) is 29.1 Å². The minimum Gasteiger partial charge on any atom is -0.363 e. The van der Waals surface area contributed by atoms with E-state index in [4.69, 9.17) is 9.97 Å². The molecule has 2 aromatic carbocycles. The third-order valence-electron chi connectivity index (χ3n) is 6.61. The SMILES string of the molecule is Cc1cc2nc(NCc3cnn(C)c3)c3ncc(-c4ccc(C(=O)NC5CC5)cc4)n3c2cc1C. The topological polar surface area (TPSA) is 89.1 Å². The highest BCUT2D eigenvalue weighted by Crippen LogP contribution is 2.30. The molecule has 2 N–H and O–H groups in total. The number of imidazole rings is 1. The molecule has 1 saturated carbocycles. The highest BCUT2D eigenvalue weighted by molar-refractivity contribution is 5.95. The molecule has 0 bridgehead atoms. The Hall–Kier alpha value is -4.20. The third-order valence-corrected chi connectivity index (χ3v) is 6.61. The fourth-order valence-corrected chi connectivity index (χ4v) is 4.35. The number of nitrogens with one attached hydrogen (secondary N) is 2. The molecule has 8 nitrogen and oxygen atoms in total. The van der Waals surface area contributed by atoms with Crippen molar-refractivity contribution in [3.63, 3.8) is 0 Å². The first-order valence-corrected chi connectivity index (χ1v) is 11.9. The Morgan fingerprint density at radius 2 is 1.86 bits per heavy atom. The molecule has 1 fully saturated rings. The van der Waals surface area contributed by atoms with Gasteiger partial charge in [0, 0.05) is 42.5 Å². The maximum Gasteiger partial charge on any atom is 0.251 e. The molecular formula is C27H27N7O. The van der Waals surface area contributed by atoms with Gasteiger partial charge in [-0.2, -0.15) is 5.10 Å². The number of aromatic nitrogens is 5. The molecule has 1 amide bonds. The number of rotatable bonds is 6. The molecule has 0 atom stereocenters. The summed E-state index contributed by atoms with van der Waals surface area (Å²) in [5, 5.41) is 10.8. The van der Waals surface area contributed by atoms with Gasteiger partial charge >= 0.3 is 0 Å². The number of amides is 1. The summed E-state index contributed by atoms with van der Waals surface area (Å²) in [4.78, 5) is 22.1. The molecule has 35 heavy (non-hydrogen) atoms. The van der Waals surface area contributed by atoms with Crippen molar-refractivity contribution in [3.05, 3.63) is 77.2 Å². The van der Waals surface area contributed by atoms with Gasteiger partial charge in [0.1, 0.15) is 0 Å². The van der Waals surface area contributed by atoms with Gasteiger partial charge in [0.15, 0.2) is 11.5 Å². The van der Waals surface area contributed by atoms with Crippen LogP contribution in [0.1, 0.15) is 39.9 Å². The molecule has 0 spiro atoms. The monoisotopic (exact) mass is 465 g/mol.